The normalized spacial score (nSPS) is 16.0. The second kappa shape index (κ2) is 4.81. The highest BCUT2D eigenvalue weighted by Crippen LogP contribution is 2.33. The summed E-state index contributed by atoms with van der Waals surface area (Å²) in [6.45, 7) is 0. The fourth-order valence-corrected chi connectivity index (χ4v) is 2.79. The van der Waals surface area contributed by atoms with Gasteiger partial charge in [-0.15, -0.1) is 0 Å². The predicted octanol–water partition coefficient (Wildman–Crippen LogP) is 3.50. The van der Waals surface area contributed by atoms with Crippen LogP contribution in [0.4, 0.5) is 0 Å². The molecule has 0 atom stereocenters. The summed E-state index contributed by atoms with van der Waals surface area (Å²) < 4.78 is 1.76. The van der Waals surface area contributed by atoms with Crippen molar-refractivity contribution in [3.8, 4) is 5.69 Å². The highest BCUT2D eigenvalue weighted by molar-refractivity contribution is 5.33. The van der Waals surface area contributed by atoms with E-state index < -0.39 is 0 Å². The van der Waals surface area contributed by atoms with Crippen molar-refractivity contribution in [3.63, 3.8) is 0 Å². The molecule has 1 heterocycles. The number of hydrogen-bond acceptors (Lipinski definition) is 1. The molecule has 3 rings (SSSR count). The molecule has 0 aliphatic heterocycles. The van der Waals surface area contributed by atoms with Gasteiger partial charge in [0.25, 0.3) is 5.56 Å². The summed E-state index contributed by atoms with van der Waals surface area (Å²) in [5.41, 5.74) is 2.29. The van der Waals surface area contributed by atoms with Gasteiger partial charge in [-0.1, -0.05) is 37.1 Å². The van der Waals surface area contributed by atoms with Crippen LogP contribution in [-0.4, -0.2) is 4.57 Å². The Morgan fingerprint density at radius 2 is 1.67 bits per heavy atom. The third kappa shape index (κ3) is 2.10. The van der Waals surface area contributed by atoms with Crippen LogP contribution in [0.2, 0.25) is 0 Å². The Morgan fingerprint density at radius 3 is 2.39 bits per heavy atom. The third-order valence-corrected chi connectivity index (χ3v) is 3.79. The van der Waals surface area contributed by atoms with Crippen LogP contribution >= 0.6 is 0 Å². The van der Waals surface area contributed by atoms with Crippen molar-refractivity contribution in [2.24, 2.45) is 0 Å². The highest BCUT2D eigenvalue weighted by Gasteiger charge is 2.17. The average Bonchev–Trinajstić information content (AvgIpc) is 2.94. The van der Waals surface area contributed by atoms with Crippen molar-refractivity contribution in [3.05, 3.63) is 64.6 Å². The Morgan fingerprint density at radius 1 is 0.944 bits per heavy atom. The van der Waals surface area contributed by atoms with Crippen LogP contribution in [0.5, 0.6) is 0 Å². The zero-order chi connectivity index (χ0) is 12.4. The van der Waals surface area contributed by atoms with Gasteiger partial charge < -0.3 is 0 Å². The lowest BCUT2D eigenvalue weighted by Gasteiger charge is -2.12. The minimum atomic E-state index is 0.0444. The third-order valence-electron chi connectivity index (χ3n) is 3.79. The molecule has 2 heteroatoms. The number of para-hydroxylation sites is 1. The molecule has 0 spiro atoms. The summed E-state index contributed by atoms with van der Waals surface area (Å²) in [6.07, 6.45) is 7.16. The summed E-state index contributed by atoms with van der Waals surface area (Å²) in [5.74, 6) is 0.639. The molecule has 1 fully saturated rings. The molecule has 2 nitrogen and oxygen atoms in total. The van der Waals surface area contributed by atoms with Crippen LogP contribution in [0.25, 0.3) is 5.69 Å². The Hall–Kier alpha value is -1.83. The number of benzene rings is 1. The monoisotopic (exact) mass is 239 g/mol. The Balaban J connectivity index is 2.04. The van der Waals surface area contributed by atoms with E-state index in [0.29, 0.717) is 5.92 Å². The molecule has 0 N–H and O–H groups in total. The first kappa shape index (κ1) is 11.3. The molecule has 1 saturated carbocycles. The molecular formula is C16H17NO. The zero-order valence-corrected chi connectivity index (χ0v) is 10.4. The number of rotatable bonds is 2. The fourth-order valence-electron chi connectivity index (χ4n) is 2.79. The van der Waals surface area contributed by atoms with Crippen LogP contribution in [-0.2, 0) is 0 Å². The lowest BCUT2D eigenvalue weighted by molar-refractivity contribution is 0.712. The molecular weight excluding hydrogens is 222 g/mol. The maximum atomic E-state index is 11.9. The van der Waals surface area contributed by atoms with Crippen molar-refractivity contribution in [1.29, 1.82) is 0 Å². The highest BCUT2D eigenvalue weighted by atomic mass is 16.1. The molecule has 1 aromatic carbocycles. The SMILES string of the molecule is O=c1ccc(C2CCCC2)cn1-c1ccccc1. The first-order chi connectivity index (χ1) is 8.84. The van der Waals surface area contributed by atoms with Gasteiger partial charge in [-0.3, -0.25) is 9.36 Å². The Kier molecular flexibility index (Phi) is 3.01. The van der Waals surface area contributed by atoms with Gasteiger partial charge in [-0.05, 0) is 36.5 Å². The largest absolute Gasteiger partial charge is 0.284 e. The second-order valence-corrected chi connectivity index (χ2v) is 4.99. The van der Waals surface area contributed by atoms with E-state index in [1.54, 1.807) is 10.6 Å². The second-order valence-electron chi connectivity index (χ2n) is 4.99. The predicted molar refractivity (Wildman–Crippen MR) is 73.2 cm³/mol. The van der Waals surface area contributed by atoms with Crippen LogP contribution in [0.1, 0.15) is 37.2 Å². The average molecular weight is 239 g/mol. The number of hydrogen-bond donors (Lipinski definition) is 0. The van der Waals surface area contributed by atoms with E-state index in [1.165, 1.54) is 31.2 Å². The first-order valence-electron chi connectivity index (χ1n) is 6.62. The number of aromatic nitrogens is 1. The zero-order valence-electron chi connectivity index (χ0n) is 10.4. The standard InChI is InChI=1S/C16H17NO/c18-16-11-10-14(13-6-4-5-7-13)12-17(16)15-8-2-1-3-9-15/h1-3,8-13H,4-7H2. The van der Waals surface area contributed by atoms with Crippen LogP contribution < -0.4 is 5.56 Å². The van der Waals surface area contributed by atoms with Gasteiger partial charge in [-0.2, -0.15) is 0 Å². The molecule has 1 aliphatic carbocycles. The number of nitrogens with zero attached hydrogens (tertiary/aromatic N) is 1. The van der Waals surface area contributed by atoms with Gasteiger partial charge in [0.2, 0.25) is 0 Å². The van der Waals surface area contributed by atoms with Crippen molar-refractivity contribution in [1.82, 2.24) is 4.57 Å². The fraction of sp³-hybridized carbons (Fsp3) is 0.312. The molecule has 2 aromatic rings. The molecule has 0 amide bonds. The van der Waals surface area contributed by atoms with E-state index in [2.05, 4.69) is 0 Å². The number of pyridine rings is 1. The summed E-state index contributed by atoms with van der Waals surface area (Å²) in [7, 11) is 0. The van der Waals surface area contributed by atoms with E-state index in [1.807, 2.05) is 42.6 Å². The maximum absolute atomic E-state index is 11.9. The van der Waals surface area contributed by atoms with Crippen molar-refractivity contribution in [2.75, 3.05) is 0 Å². The summed E-state index contributed by atoms with van der Waals surface area (Å²) in [5, 5.41) is 0. The topological polar surface area (TPSA) is 22.0 Å². The molecule has 0 bridgehead atoms. The minimum absolute atomic E-state index is 0.0444. The van der Waals surface area contributed by atoms with Gasteiger partial charge in [0.1, 0.15) is 0 Å². The Labute approximate surface area is 107 Å². The van der Waals surface area contributed by atoms with E-state index in [0.717, 1.165) is 5.69 Å². The molecule has 0 radical (unpaired) electrons. The van der Waals surface area contributed by atoms with E-state index >= 15 is 0 Å². The van der Waals surface area contributed by atoms with Gasteiger partial charge in [0.15, 0.2) is 0 Å². The Bertz CT molecular complexity index is 580. The summed E-state index contributed by atoms with van der Waals surface area (Å²) >= 11 is 0. The van der Waals surface area contributed by atoms with Gasteiger partial charge in [-0.25, -0.2) is 0 Å². The van der Waals surface area contributed by atoms with Gasteiger partial charge in [0, 0.05) is 18.0 Å². The lowest BCUT2D eigenvalue weighted by atomic mass is 9.99. The maximum Gasteiger partial charge on any atom is 0.255 e. The summed E-state index contributed by atoms with van der Waals surface area (Å²) in [6, 6.07) is 13.5. The van der Waals surface area contributed by atoms with Crippen LogP contribution in [0, 0.1) is 0 Å². The van der Waals surface area contributed by atoms with Gasteiger partial charge in [0.05, 0.1) is 0 Å². The van der Waals surface area contributed by atoms with Crippen LogP contribution in [0.15, 0.2) is 53.5 Å². The van der Waals surface area contributed by atoms with Crippen molar-refractivity contribution in [2.45, 2.75) is 31.6 Å². The molecule has 18 heavy (non-hydrogen) atoms. The molecule has 1 aliphatic rings. The molecule has 92 valence electrons. The molecule has 0 unspecified atom stereocenters. The lowest BCUT2D eigenvalue weighted by Crippen LogP contribution is -2.17. The summed E-state index contributed by atoms with van der Waals surface area (Å²) in [4.78, 5) is 11.9. The molecule has 0 saturated heterocycles. The first-order valence-corrected chi connectivity index (χ1v) is 6.62. The van der Waals surface area contributed by atoms with Gasteiger partial charge >= 0.3 is 0 Å². The van der Waals surface area contributed by atoms with Crippen LogP contribution in [0.3, 0.4) is 0 Å². The quantitative estimate of drug-likeness (QED) is 0.786. The van der Waals surface area contributed by atoms with Crippen molar-refractivity contribution >= 4 is 0 Å². The van der Waals surface area contributed by atoms with E-state index in [4.69, 9.17) is 0 Å². The van der Waals surface area contributed by atoms with E-state index in [9.17, 15) is 4.79 Å². The smallest absolute Gasteiger partial charge is 0.255 e. The van der Waals surface area contributed by atoms with Crippen molar-refractivity contribution < 1.29 is 0 Å². The minimum Gasteiger partial charge on any atom is -0.284 e. The molecule has 1 aromatic heterocycles. The van der Waals surface area contributed by atoms with E-state index in [-0.39, 0.29) is 5.56 Å².